The van der Waals surface area contributed by atoms with Crippen LogP contribution in [0.2, 0.25) is 0 Å². The predicted molar refractivity (Wildman–Crippen MR) is 136 cm³/mol. The van der Waals surface area contributed by atoms with Crippen molar-refractivity contribution < 1.29 is 34.5 Å². The number of Topliss-reactive ketones (excluding diaryl/α,β-unsaturated/α-hetero) is 3. The van der Waals surface area contributed by atoms with Gasteiger partial charge in [0.2, 0.25) is 11.4 Å². The molecule has 9 nitrogen and oxygen atoms in total. The van der Waals surface area contributed by atoms with E-state index in [1.54, 1.807) is 25.8 Å². The molecule has 0 spiro atoms. The fraction of sp³-hybridized carbons (Fsp3) is 0.630. The van der Waals surface area contributed by atoms with E-state index in [0.717, 1.165) is 12.5 Å². The summed E-state index contributed by atoms with van der Waals surface area (Å²) in [4.78, 5) is 53.6. The van der Waals surface area contributed by atoms with Crippen molar-refractivity contribution in [3.63, 3.8) is 0 Å². The number of nitrogens with one attached hydrogen (secondary N) is 1. The van der Waals surface area contributed by atoms with Crippen molar-refractivity contribution in [2.75, 3.05) is 14.1 Å². The van der Waals surface area contributed by atoms with Crippen molar-refractivity contribution in [3.05, 3.63) is 35.9 Å². The second-order valence-electron chi connectivity index (χ2n) is 9.96. The summed E-state index contributed by atoms with van der Waals surface area (Å²) >= 11 is 0. The van der Waals surface area contributed by atoms with Crippen LogP contribution in [0.4, 0.5) is 0 Å². The number of carboxylic acids is 1. The van der Waals surface area contributed by atoms with Gasteiger partial charge in [-0.15, -0.1) is 0 Å². The molecule has 0 saturated heterocycles. The summed E-state index contributed by atoms with van der Waals surface area (Å²) in [5.74, 6) is -5.75. The maximum atomic E-state index is 13.6. The van der Waals surface area contributed by atoms with Crippen LogP contribution in [0.5, 0.6) is 0 Å². The van der Waals surface area contributed by atoms with Gasteiger partial charge in [-0.25, -0.2) is 4.79 Å². The summed E-state index contributed by atoms with van der Waals surface area (Å²) in [5.41, 5.74) is -5.21. The Morgan fingerprint density at radius 3 is 1.97 bits per heavy atom. The Morgan fingerprint density at radius 2 is 1.53 bits per heavy atom. The van der Waals surface area contributed by atoms with Gasteiger partial charge < -0.3 is 20.6 Å². The molecule has 4 N–H and O–H groups in total. The Bertz CT molecular complexity index is 918. The maximum absolute atomic E-state index is 13.6. The molecule has 0 aliphatic rings. The molecule has 0 bridgehead atoms. The number of carbonyl (C=O) groups is 4. The molecule has 36 heavy (non-hydrogen) atoms. The highest BCUT2D eigenvalue weighted by atomic mass is 16.4. The number of aliphatic hydroxyl groups is 2. The first-order valence-electron chi connectivity index (χ1n) is 12.4. The van der Waals surface area contributed by atoms with Crippen LogP contribution in [0, 0.1) is 11.8 Å². The lowest BCUT2D eigenvalue weighted by molar-refractivity contribution is -0.178. The number of benzene rings is 1. The number of carbonyl (C=O) groups excluding carboxylic acids is 3. The molecule has 1 aromatic carbocycles. The lowest BCUT2D eigenvalue weighted by Crippen LogP contribution is -2.64. The highest BCUT2D eigenvalue weighted by Crippen LogP contribution is 2.28. The summed E-state index contributed by atoms with van der Waals surface area (Å²) in [6, 6.07) is 7.56. The van der Waals surface area contributed by atoms with Crippen molar-refractivity contribution in [1.82, 2.24) is 10.2 Å². The third-order valence-corrected chi connectivity index (χ3v) is 7.15. The molecule has 0 aliphatic carbocycles. The third-order valence-electron chi connectivity index (χ3n) is 7.15. The van der Waals surface area contributed by atoms with Crippen molar-refractivity contribution in [2.45, 2.75) is 83.7 Å². The second kappa shape index (κ2) is 13.2. The van der Waals surface area contributed by atoms with Crippen LogP contribution < -0.4 is 5.32 Å². The van der Waals surface area contributed by atoms with Crippen LogP contribution in [-0.4, -0.2) is 80.9 Å². The van der Waals surface area contributed by atoms with E-state index in [-0.39, 0.29) is 11.8 Å². The first-order chi connectivity index (χ1) is 16.7. The number of likely N-dealkylation sites (N-methyl/N-ethyl adjacent to an activating group) is 2. The maximum Gasteiger partial charge on any atom is 0.344 e. The van der Waals surface area contributed by atoms with Gasteiger partial charge in [-0.05, 0) is 38.4 Å². The Balaban J connectivity index is 3.35. The van der Waals surface area contributed by atoms with Crippen molar-refractivity contribution in [1.29, 1.82) is 0 Å². The molecular formula is C27H42N2O7. The summed E-state index contributed by atoms with van der Waals surface area (Å²) in [6.45, 7) is 8.51. The molecule has 0 radical (unpaired) electrons. The van der Waals surface area contributed by atoms with Gasteiger partial charge >= 0.3 is 5.97 Å². The lowest BCUT2D eigenvalue weighted by atomic mass is 9.75. The van der Waals surface area contributed by atoms with Crippen molar-refractivity contribution >= 4 is 23.3 Å². The van der Waals surface area contributed by atoms with E-state index >= 15 is 0 Å². The Labute approximate surface area is 213 Å². The number of aliphatic carboxylic acids is 1. The lowest BCUT2D eigenvalue weighted by Gasteiger charge is -2.37. The Kier molecular flexibility index (Phi) is 11.6. The Morgan fingerprint density at radius 1 is 1.00 bits per heavy atom. The quantitative estimate of drug-likeness (QED) is 0.247. The van der Waals surface area contributed by atoms with Gasteiger partial charge in [-0.3, -0.25) is 19.3 Å². The topological polar surface area (TPSA) is 144 Å². The van der Waals surface area contributed by atoms with E-state index < -0.39 is 53.0 Å². The number of hydrogen-bond donors (Lipinski definition) is 4. The molecule has 0 aliphatic heterocycles. The SMILES string of the molecule is CCC(C)[C@H](NC)C(=O)CC(O)(C(=O)O)C(=O)C(C)(O)C(=O)[C@H](C(C)CC)N(C)Cc1ccccc1. The fourth-order valence-corrected chi connectivity index (χ4v) is 4.50. The summed E-state index contributed by atoms with van der Waals surface area (Å²) in [5, 5.41) is 34.7. The zero-order valence-electron chi connectivity index (χ0n) is 22.4. The molecule has 0 heterocycles. The van der Waals surface area contributed by atoms with Gasteiger partial charge in [0.15, 0.2) is 17.2 Å². The minimum absolute atomic E-state index is 0.195. The highest BCUT2D eigenvalue weighted by Gasteiger charge is 2.57. The number of hydrogen-bond acceptors (Lipinski definition) is 8. The normalized spacial score (nSPS) is 18.4. The number of carboxylic acid groups (broad SMARTS) is 1. The number of rotatable bonds is 16. The van der Waals surface area contributed by atoms with Crippen LogP contribution >= 0.6 is 0 Å². The zero-order chi connectivity index (χ0) is 27.8. The number of ketones is 3. The van der Waals surface area contributed by atoms with Gasteiger partial charge in [0.25, 0.3) is 0 Å². The molecule has 202 valence electrons. The highest BCUT2D eigenvalue weighted by molar-refractivity contribution is 6.22. The zero-order valence-corrected chi connectivity index (χ0v) is 22.4. The Hall–Kier alpha value is -2.46. The predicted octanol–water partition coefficient (Wildman–Crippen LogP) is 1.83. The number of nitrogens with zero attached hydrogens (tertiary/aromatic N) is 1. The molecule has 6 atom stereocenters. The molecule has 9 heteroatoms. The van der Waals surface area contributed by atoms with Crippen LogP contribution in [0.3, 0.4) is 0 Å². The molecule has 1 rings (SSSR count). The van der Waals surface area contributed by atoms with Crippen molar-refractivity contribution in [2.24, 2.45) is 11.8 Å². The third kappa shape index (κ3) is 7.06. The minimum Gasteiger partial charge on any atom is -0.479 e. The van der Waals surface area contributed by atoms with Gasteiger partial charge in [0.1, 0.15) is 0 Å². The summed E-state index contributed by atoms with van der Waals surface area (Å²) in [7, 11) is 3.20. The largest absolute Gasteiger partial charge is 0.479 e. The van der Waals surface area contributed by atoms with Gasteiger partial charge in [-0.1, -0.05) is 70.9 Å². The molecule has 1 aromatic rings. The van der Waals surface area contributed by atoms with E-state index in [2.05, 4.69) is 5.32 Å². The second-order valence-corrected chi connectivity index (χ2v) is 9.96. The monoisotopic (exact) mass is 506 g/mol. The molecule has 4 unspecified atom stereocenters. The minimum atomic E-state index is -3.27. The van der Waals surface area contributed by atoms with Crippen molar-refractivity contribution in [3.8, 4) is 0 Å². The summed E-state index contributed by atoms with van der Waals surface area (Å²) in [6.07, 6.45) is 0.0613. The molecular weight excluding hydrogens is 464 g/mol. The van der Waals surface area contributed by atoms with E-state index in [1.165, 1.54) is 7.05 Å². The first kappa shape index (κ1) is 31.6. The van der Waals surface area contributed by atoms with Crippen LogP contribution in [0.25, 0.3) is 0 Å². The van der Waals surface area contributed by atoms with Crippen LogP contribution in [0.15, 0.2) is 30.3 Å². The van der Waals surface area contributed by atoms with Crippen LogP contribution in [-0.2, 0) is 25.7 Å². The first-order valence-corrected chi connectivity index (χ1v) is 12.4. The average molecular weight is 507 g/mol. The molecule has 0 fully saturated rings. The van der Waals surface area contributed by atoms with Gasteiger partial charge in [0, 0.05) is 6.54 Å². The molecule has 0 amide bonds. The van der Waals surface area contributed by atoms with E-state index in [4.69, 9.17) is 0 Å². The summed E-state index contributed by atoms with van der Waals surface area (Å²) < 4.78 is 0. The molecule has 0 saturated carbocycles. The average Bonchev–Trinajstić information content (AvgIpc) is 2.83. The van der Waals surface area contributed by atoms with Crippen LogP contribution in [0.1, 0.15) is 59.4 Å². The van der Waals surface area contributed by atoms with E-state index in [9.17, 15) is 34.5 Å². The van der Waals surface area contributed by atoms with E-state index in [1.807, 2.05) is 44.2 Å². The standard InChI is InChI=1S/C27H42N2O7/c1-8-17(3)21(28-6)20(30)15-27(36,25(33)34)24(32)26(5,35)23(31)22(18(4)9-2)29(7)16-19-13-11-10-12-14-19/h10-14,17-18,21-22,28,35-36H,8-9,15-16H2,1-7H3,(H,33,34)/t17?,18?,21-,22-,26?,27?/m0/s1. The molecule has 0 aromatic heterocycles. The smallest absolute Gasteiger partial charge is 0.344 e. The fourth-order valence-electron chi connectivity index (χ4n) is 4.50. The van der Waals surface area contributed by atoms with Gasteiger partial charge in [0.05, 0.1) is 18.5 Å². The van der Waals surface area contributed by atoms with E-state index in [0.29, 0.717) is 19.4 Å². The van der Waals surface area contributed by atoms with Gasteiger partial charge in [-0.2, -0.15) is 0 Å².